The molecule has 0 radical (unpaired) electrons. The number of hydrogen-bond acceptors (Lipinski definition) is 0. The van der Waals surface area contributed by atoms with Crippen LogP contribution < -0.4 is 0 Å². The van der Waals surface area contributed by atoms with Crippen LogP contribution in [0.1, 0.15) is 5.56 Å². The molecule has 0 bridgehead atoms. The molecule has 2 rings (SSSR count). The summed E-state index contributed by atoms with van der Waals surface area (Å²) in [5.41, 5.74) is 3.44. The summed E-state index contributed by atoms with van der Waals surface area (Å²) in [6.07, 6.45) is 0. The summed E-state index contributed by atoms with van der Waals surface area (Å²) in [4.78, 5) is 0. The van der Waals surface area contributed by atoms with Gasteiger partial charge in [0, 0.05) is 9.50 Å². The fourth-order valence-corrected chi connectivity index (χ4v) is 1.86. The first-order valence-corrected chi connectivity index (χ1v) is 5.86. The predicted molar refractivity (Wildman–Crippen MR) is 69.3 cm³/mol. The minimum Gasteiger partial charge on any atom is -0.0840 e. The third-order valence-electron chi connectivity index (χ3n) is 2.35. The zero-order chi connectivity index (χ0) is 10.8. The van der Waals surface area contributed by atoms with Crippen molar-refractivity contribution < 1.29 is 0 Å². The monoisotopic (exact) mass is 280 g/mol. The molecule has 0 aromatic heterocycles. The first-order valence-electron chi connectivity index (χ1n) is 4.69. The summed E-state index contributed by atoms with van der Waals surface area (Å²) in [6, 6.07) is 14.3. The lowest BCUT2D eigenvalue weighted by molar-refractivity contribution is 1.47. The average Bonchev–Trinajstić information content (AvgIpc) is 2.23. The molecule has 0 aliphatic carbocycles. The van der Waals surface area contributed by atoms with E-state index in [9.17, 15) is 0 Å². The normalized spacial score (nSPS) is 10.3. The maximum atomic E-state index is 6.09. The van der Waals surface area contributed by atoms with Crippen molar-refractivity contribution in [2.24, 2.45) is 0 Å². The van der Waals surface area contributed by atoms with E-state index in [0.717, 1.165) is 20.6 Å². The third kappa shape index (κ3) is 2.42. The van der Waals surface area contributed by atoms with Crippen molar-refractivity contribution in [2.45, 2.75) is 6.92 Å². The number of rotatable bonds is 1. The van der Waals surface area contributed by atoms with Crippen LogP contribution in [-0.4, -0.2) is 0 Å². The Balaban J connectivity index is 2.45. The highest BCUT2D eigenvalue weighted by molar-refractivity contribution is 9.10. The Kier molecular flexibility index (Phi) is 3.13. The van der Waals surface area contributed by atoms with Gasteiger partial charge in [0.2, 0.25) is 0 Å². The standard InChI is InChI=1S/C13H10BrCl/c1-9-2-3-11(8-13(9)15)10-4-6-12(14)7-5-10/h2-8H,1H3. The van der Waals surface area contributed by atoms with E-state index < -0.39 is 0 Å². The van der Waals surface area contributed by atoms with Crippen molar-refractivity contribution in [2.75, 3.05) is 0 Å². The zero-order valence-corrected chi connectivity index (χ0v) is 10.6. The molecule has 0 spiro atoms. The Labute approximate surface area is 103 Å². The second kappa shape index (κ2) is 4.38. The van der Waals surface area contributed by atoms with Crippen LogP contribution in [-0.2, 0) is 0 Å². The Bertz CT molecular complexity index is 474. The summed E-state index contributed by atoms with van der Waals surface area (Å²) in [7, 11) is 0. The molecule has 15 heavy (non-hydrogen) atoms. The molecule has 0 nitrogen and oxygen atoms in total. The van der Waals surface area contributed by atoms with Gasteiger partial charge in [-0.15, -0.1) is 0 Å². The second-order valence-corrected chi connectivity index (χ2v) is 4.79. The van der Waals surface area contributed by atoms with Crippen molar-refractivity contribution in [3.8, 4) is 11.1 Å². The van der Waals surface area contributed by atoms with Gasteiger partial charge in [-0.3, -0.25) is 0 Å². The van der Waals surface area contributed by atoms with Gasteiger partial charge in [0.1, 0.15) is 0 Å². The van der Waals surface area contributed by atoms with Crippen LogP contribution in [0.5, 0.6) is 0 Å². The summed E-state index contributed by atoms with van der Waals surface area (Å²) in [6.45, 7) is 2.01. The second-order valence-electron chi connectivity index (χ2n) is 3.47. The Morgan fingerprint density at radius 2 is 1.53 bits per heavy atom. The van der Waals surface area contributed by atoms with Crippen molar-refractivity contribution in [1.82, 2.24) is 0 Å². The quantitative estimate of drug-likeness (QED) is 0.684. The highest BCUT2D eigenvalue weighted by Gasteiger charge is 2.00. The number of hydrogen-bond donors (Lipinski definition) is 0. The molecular weight excluding hydrogens is 272 g/mol. The molecule has 0 unspecified atom stereocenters. The summed E-state index contributed by atoms with van der Waals surface area (Å²) in [5, 5.41) is 0.815. The Hall–Kier alpha value is -0.790. The first kappa shape index (κ1) is 10.7. The van der Waals surface area contributed by atoms with E-state index in [1.165, 1.54) is 5.56 Å². The van der Waals surface area contributed by atoms with Crippen LogP contribution >= 0.6 is 27.5 Å². The van der Waals surface area contributed by atoms with Gasteiger partial charge in [-0.05, 0) is 41.8 Å². The van der Waals surface area contributed by atoms with E-state index in [4.69, 9.17) is 11.6 Å². The van der Waals surface area contributed by atoms with Crippen LogP contribution in [0.2, 0.25) is 5.02 Å². The third-order valence-corrected chi connectivity index (χ3v) is 3.29. The molecule has 0 heterocycles. The molecule has 76 valence electrons. The van der Waals surface area contributed by atoms with Crippen LogP contribution in [0.25, 0.3) is 11.1 Å². The molecule has 0 atom stereocenters. The maximum absolute atomic E-state index is 6.09. The maximum Gasteiger partial charge on any atom is 0.0441 e. The molecule has 0 N–H and O–H groups in total. The minimum absolute atomic E-state index is 0.815. The van der Waals surface area contributed by atoms with Gasteiger partial charge in [0.15, 0.2) is 0 Å². The Morgan fingerprint density at radius 3 is 2.13 bits per heavy atom. The van der Waals surface area contributed by atoms with Gasteiger partial charge >= 0.3 is 0 Å². The van der Waals surface area contributed by atoms with Gasteiger partial charge in [0.05, 0.1) is 0 Å². The van der Waals surface area contributed by atoms with Crippen molar-refractivity contribution in [3.63, 3.8) is 0 Å². The number of halogens is 2. The summed E-state index contributed by atoms with van der Waals surface area (Å²) in [5.74, 6) is 0. The largest absolute Gasteiger partial charge is 0.0840 e. The van der Waals surface area contributed by atoms with E-state index in [1.807, 2.05) is 31.2 Å². The molecule has 0 fully saturated rings. The zero-order valence-electron chi connectivity index (χ0n) is 8.30. The van der Waals surface area contributed by atoms with Crippen molar-refractivity contribution >= 4 is 27.5 Å². The van der Waals surface area contributed by atoms with Gasteiger partial charge < -0.3 is 0 Å². The van der Waals surface area contributed by atoms with E-state index in [0.29, 0.717) is 0 Å². The van der Waals surface area contributed by atoms with E-state index in [2.05, 4.69) is 34.1 Å². The molecule has 2 aromatic rings. The van der Waals surface area contributed by atoms with Crippen LogP contribution in [0.15, 0.2) is 46.9 Å². The molecule has 0 saturated heterocycles. The highest BCUT2D eigenvalue weighted by Crippen LogP contribution is 2.26. The van der Waals surface area contributed by atoms with Crippen LogP contribution in [0.4, 0.5) is 0 Å². The van der Waals surface area contributed by atoms with Gasteiger partial charge in [-0.25, -0.2) is 0 Å². The summed E-state index contributed by atoms with van der Waals surface area (Å²) < 4.78 is 1.09. The smallest absolute Gasteiger partial charge is 0.0441 e. The molecule has 2 aromatic carbocycles. The van der Waals surface area contributed by atoms with Gasteiger partial charge in [-0.1, -0.05) is 51.8 Å². The van der Waals surface area contributed by atoms with Crippen LogP contribution in [0, 0.1) is 6.92 Å². The first-order chi connectivity index (χ1) is 7.16. The van der Waals surface area contributed by atoms with Crippen LogP contribution in [0.3, 0.4) is 0 Å². The molecule has 0 aliphatic heterocycles. The molecular formula is C13H10BrCl. The predicted octanol–water partition coefficient (Wildman–Crippen LogP) is 5.08. The SMILES string of the molecule is Cc1ccc(-c2ccc(Br)cc2)cc1Cl. The molecule has 0 amide bonds. The van der Waals surface area contributed by atoms with E-state index in [-0.39, 0.29) is 0 Å². The highest BCUT2D eigenvalue weighted by atomic mass is 79.9. The lowest BCUT2D eigenvalue weighted by atomic mass is 10.0. The number of benzene rings is 2. The van der Waals surface area contributed by atoms with Crippen molar-refractivity contribution in [3.05, 3.63) is 57.5 Å². The topological polar surface area (TPSA) is 0 Å². The molecule has 2 heteroatoms. The Morgan fingerprint density at radius 1 is 0.933 bits per heavy atom. The number of aryl methyl sites for hydroxylation is 1. The molecule has 0 aliphatic rings. The fourth-order valence-electron chi connectivity index (χ4n) is 1.41. The minimum atomic E-state index is 0.815. The van der Waals surface area contributed by atoms with Gasteiger partial charge in [-0.2, -0.15) is 0 Å². The molecule has 0 saturated carbocycles. The van der Waals surface area contributed by atoms with E-state index >= 15 is 0 Å². The van der Waals surface area contributed by atoms with Crippen molar-refractivity contribution in [1.29, 1.82) is 0 Å². The summed E-state index contributed by atoms with van der Waals surface area (Å²) >= 11 is 9.50. The lowest BCUT2D eigenvalue weighted by Crippen LogP contribution is -1.80. The fraction of sp³-hybridized carbons (Fsp3) is 0.0769. The van der Waals surface area contributed by atoms with Gasteiger partial charge in [0.25, 0.3) is 0 Å². The average molecular weight is 282 g/mol. The lowest BCUT2D eigenvalue weighted by Gasteiger charge is -2.04. The van der Waals surface area contributed by atoms with E-state index in [1.54, 1.807) is 0 Å².